The van der Waals surface area contributed by atoms with Crippen molar-refractivity contribution in [1.29, 1.82) is 0 Å². The summed E-state index contributed by atoms with van der Waals surface area (Å²) >= 11 is 11.5. The predicted molar refractivity (Wildman–Crippen MR) is 89.8 cm³/mol. The molecule has 2 N–H and O–H groups in total. The fourth-order valence-electron chi connectivity index (χ4n) is 2.01. The Balaban J connectivity index is 2.09. The topological polar surface area (TPSA) is 41.1 Å². The summed E-state index contributed by atoms with van der Waals surface area (Å²) in [4.78, 5) is 11.9. The Morgan fingerprint density at radius 2 is 1.67 bits per heavy atom. The molecule has 2 aromatic rings. The molecule has 3 nitrogen and oxygen atoms in total. The molecule has 1 amide bonds. The molecule has 0 radical (unpaired) electrons. The van der Waals surface area contributed by atoms with E-state index < -0.39 is 17.6 Å². The second kappa shape index (κ2) is 7.32. The summed E-state index contributed by atoms with van der Waals surface area (Å²) in [5.41, 5.74) is 0.142. The van der Waals surface area contributed by atoms with Crippen LogP contribution in [0, 0.1) is 6.92 Å². The third-order valence-corrected chi connectivity index (χ3v) is 3.67. The molecule has 0 fully saturated rings. The van der Waals surface area contributed by atoms with Gasteiger partial charge in [0.25, 0.3) is 0 Å². The summed E-state index contributed by atoms with van der Waals surface area (Å²) in [7, 11) is 0. The lowest BCUT2D eigenvalue weighted by atomic mass is 10.1. The molecule has 2 aromatic carbocycles. The number of hydrogen-bond acceptors (Lipinski definition) is 2. The van der Waals surface area contributed by atoms with E-state index in [4.69, 9.17) is 23.2 Å². The molecular formula is C16H13Cl2F3N2O. The summed E-state index contributed by atoms with van der Waals surface area (Å²) in [6.45, 7) is 1.61. The van der Waals surface area contributed by atoms with Gasteiger partial charge in [-0.15, -0.1) is 0 Å². The molecule has 0 bridgehead atoms. The number of carbonyl (C=O) groups is 1. The fourth-order valence-corrected chi connectivity index (χ4v) is 2.36. The Labute approximate surface area is 146 Å². The van der Waals surface area contributed by atoms with Gasteiger partial charge in [0, 0.05) is 15.7 Å². The fraction of sp³-hybridized carbons (Fsp3) is 0.188. The van der Waals surface area contributed by atoms with Gasteiger partial charge in [0.2, 0.25) is 5.91 Å². The number of benzene rings is 2. The second-order valence-electron chi connectivity index (χ2n) is 5.05. The van der Waals surface area contributed by atoms with Gasteiger partial charge >= 0.3 is 6.18 Å². The number of aryl methyl sites for hydroxylation is 1. The number of rotatable bonds is 4. The van der Waals surface area contributed by atoms with E-state index in [-0.39, 0.29) is 17.3 Å². The van der Waals surface area contributed by atoms with Gasteiger partial charge in [-0.05, 0) is 42.8 Å². The quantitative estimate of drug-likeness (QED) is 0.752. The highest BCUT2D eigenvalue weighted by atomic mass is 35.5. The van der Waals surface area contributed by atoms with Gasteiger partial charge < -0.3 is 10.6 Å². The van der Waals surface area contributed by atoms with Crippen molar-refractivity contribution < 1.29 is 18.0 Å². The van der Waals surface area contributed by atoms with Crippen molar-refractivity contribution in [3.63, 3.8) is 0 Å². The lowest BCUT2D eigenvalue weighted by Gasteiger charge is -2.15. The molecular weight excluding hydrogens is 364 g/mol. The van der Waals surface area contributed by atoms with Crippen LogP contribution in [0.25, 0.3) is 0 Å². The Morgan fingerprint density at radius 1 is 1.04 bits per heavy atom. The van der Waals surface area contributed by atoms with Crippen LogP contribution in [0.15, 0.2) is 36.4 Å². The van der Waals surface area contributed by atoms with Crippen LogP contribution in [0.3, 0.4) is 0 Å². The highest BCUT2D eigenvalue weighted by Gasteiger charge is 2.34. The van der Waals surface area contributed by atoms with Crippen LogP contribution in [-0.4, -0.2) is 12.5 Å². The molecule has 0 aliphatic rings. The van der Waals surface area contributed by atoms with E-state index in [1.54, 1.807) is 18.2 Å². The van der Waals surface area contributed by atoms with Crippen LogP contribution in [-0.2, 0) is 11.0 Å². The molecule has 128 valence electrons. The van der Waals surface area contributed by atoms with Gasteiger partial charge in [0.1, 0.15) is 0 Å². The zero-order chi connectivity index (χ0) is 17.9. The van der Waals surface area contributed by atoms with Crippen LogP contribution in [0.2, 0.25) is 10.0 Å². The van der Waals surface area contributed by atoms with Crippen LogP contribution < -0.4 is 10.6 Å². The molecule has 0 saturated carbocycles. The standard InChI is InChI=1S/C16H13Cl2F3N2O/c1-9-2-3-11(18)7-14(9)22-8-15(24)23-13-5-4-10(17)6-12(13)16(19,20)21/h2-7,22H,8H2,1H3,(H,23,24). The highest BCUT2D eigenvalue weighted by molar-refractivity contribution is 6.31. The normalized spacial score (nSPS) is 11.2. The van der Waals surface area contributed by atoms with E-state index in [2.05, 4.69) is 10.6 Å². The van der Waals surface area contributed by atoms with E-state index in [1.165, 1.54) is 6.07 Å². The second-order valence-corrected chi connectivity index (χ2v) is 5.92. The first-order valence-corrected chi connectivity index (χ1v) is 7.59. The monoisotopic (exact) mass is 376 g/mol. The van der Waals surface area contributed by atoms with Crippen molar-refractivity contribution in [3.05, 3.63) is 57.6 Å². The molecule has 0 saturated heterocycles. The first-order valence-electron chi connectivity index (χ1n) is 6.83. The molecule has 0 unspecified atom stereocenters. The minimum atomic E-state index is -4.62. The Kier molecular flexibility index (Phi) is 5.62. The van der Waals surface area contributed by atoms with Gasteiger partial charge in [0.15, 0.2) is 0 Å². The number of amides is 1. The molecule has 0 aliphatic carbocycles. The minimum Gasteiger partial charge on any atom is -0.376 e. The van der Waals surface area contributed by atoms with Crippen LogP contribution in [0.1, 0.15) is 11.1 Å². The Morgan fingerprint density at radius 3 is 2.33 bits per heavy atom. The summed E-state index contributed by atoms with van der Waals surface area (Å²) in [6.07, 6.45) is -4.62. The number of halogens is 5. The van der Waals surface area contributed by atoms with Gasteiger partial charge in [0.05, 0.1) is 17.8 Å². The summed E-state index contributed by atoms with van der Waals surface area (Å²) in [5.74, 6) is -0.623. The van der Waals surface area contributed by atoms with Gasteiger partial charge in [-0.25, -0.2) is 0 Å². The van der Waals surface area contributed by atoms with Gasteiger partial charge in [-0.3, -0.25) is 4.79 Å². The molecule has 24 heavy (non-hydrogen) atoms. The molecule has 0 aromatic heterocycles. The Bertz CT molecular complexity index is 763. The van der Waals surface area contributed by atoms with Crippen molar-refractivity contribution >= 4 is 40.5 Å². The maximum Gasteiger partial charge on any atom is 0.418 e. The number of carbonyl (C=O) groups excluding carboxylic acids is 1. The predicted octanol–water partition coefficient (Wildman–Crippen LogP) is 5.37. The SMILES string of the molecule is Cc1ccc(Cl)cc1NCC(=O)Nc1ccc(Cl)cc1C(F)(F)F. The highest BCUT2D eigenvalue weighted by Crippen LogP contribution is 2.36. The average Bonchev–Trinajstić information content (AvgIpc) is 2.49. The summed E-state index contributed by atoms with van der Waals surface area (Å²) < 4.78 is 39.0. The smallest absolute Gasteiger partial charge is 0.376 e. The largest absolute Gasteiger partial charge is 0.418 e. The van der Waals surface area contributed by atoms with Crippen molar-refractivity contribution in [2.45, 2.75) is 13.1 Å². The zero-order valence-electron chi connectivity index (χ0n) is 12.5. The van der Waals surface area contributed by atoms with E-state index >= 15 is 0 Å². The van der Waals surface area contributed by atoms with Crippen LogP contribution in [0.5, 0.6) is 0 Å². The van der Waals surface area contributed by atoms with Crippen molar-refractivity contribution in [1.82, 2.24) is 0 Å². The van der Waals surface area contributed by atoms with Crippen molar-refractivity contribution in [2.24, 2.45) is 0 Å². The maximum absolute atomic E-state index is 13.0. The Hall–Kier alpha value is -1.92. The maximum atomic E-state index is 13.0. The molecule has 0 atom stereocenters. The number of anilines is 2. The average molecular weight is 377 g/mol. The third kappa shape index (κ3) is 4.79. The van der Waals surface area contributed by atoms with E-state index in [9.17, 15) is 18.0 Å². The van der Waals surface area contributed by atoms with Crippen molar-refractivity contribution in [2.75, 3.05) is 17.2 Å². The molecule has 2 rings (SSSR count). The molecule has 8 heteroatoms. The zero-order valence-corrected chi connectivity index (χ0v) is 14.0. The summed E-state index contributed by atoms with van der Waals surface area (Å²) in [6, 6.07) is 8.27. The van der Waals surface area contributed by atoms with Crippen LogP contribution in [0.4, 0.5) is 24.5 Å². The van der Waals surface area contributed by atoms with Gasteiger partial charge in [-0.1, -0.05) is 29.3 Å². The summed E-state index contributed by atoms with van der Waals surface area (Å²) in [5, 5.41) is 5.50. The lowest BCUT2D eigenvalue weighted by Crippen LogP contribution is -2.23. The lowest BCUT2D eigenvalue weighted by molar-refractivity contribution is -0.137. The number of alkyl halides is 3. The van der Waals surface area contributed by atoms with E-state index in [1.807, 2.05) is 6.92 Å². The minimum absolute atomic E-state index is 0.0620. The van der Waals surface area contributed by atoms with E-state index in [0.717, 1.165) is 17.7 Å². The first-order chi connectivity index (χ1) is 11.2. The van der Waals surface area contributed by atoms with E-state index in [0.29, 0.717) is 10.7 Å². The molecule has 0 spiro atoms. The van der Waals surface area contributed by atoms with Crippen LogP contribution >= 0.6 is 23.2 Å². The van der Waals surface area contributed by atoms with Gasteiger partial charge in [-0.2, -0.15) is 13.2 Å². The van der Waals surface area contributed by atoms with Crippen molar-refractivity contribution in [3.8, 4) is 0 Å². The number of nitrogens with one attached hydrogen (secondary N) is 2. The molecule has 0 heterocycles. The third-order valence-electron chi connectivity index (χ3n) is 3.20. The molecule has 0 aliphatic heterocycles. The number of hydrogen-bond donors (Lipinski definition) is 2. The first kappa shape index (κ1) is 18.4.